The second-order valence-corrected chi connectivity index (χ2v) is 9.29. The number of amides is 1. The fourth-order valence-corrected chi connectivity index (χ4v) is 4.59. The molecule has 1 amide bonds. The number of aromatic nitrogens is 5. The minimum absolute atomic E-state index is 0.0857. The van der Waals surface area contributed by atoms with E-state index in [2.05, 4.69) is 20.4 Å². The van der Waals surface area contributed by atoms with E-state index < -0.39 is 40.9 Å². The number of aromatic amines is 1. The average molecular weight is 548 g/mol. The lowest BCUT2D eigenvalue weighted by Gasteiger charge is -2.25. The van der Waals surface area contributed by atoms with Crippen molar-refractivity contribution in [2.24, 2.45) is 0 Å². The maximum Gasteiger partial charge on any atom is 0.433 e. The largest absolute Gasteiger partial charge is 0.452 e. The van der Waals surface area contributed by atoms with Gasteiger partial charge in [-0.2, -0.15) is 18.3 Å². The number of ether oxygens (including phenoxy) is 2. The van der Waals surface area contributed by atoms with Gasteiger partial charge in [0.05, 0.1) is 17.8 Å². The maximum absolute atomic E-state index is 15.0. The molecule has 3 aromatic heterocycles. The minimum Gasteiger partial charge on any atom is -0.452 e. The Bertz CT molecular complexity index is 1580. The van der Waals surface area contributed by atoms with E-state index in [4.69, 9.17) is 9.47 Å². The molecule has 4 aromatic rings. The summed E-state index contributed by atoms with van der Waals surface area (Å²) in [6.45, 7) is 4.17. The van der Waals surface area contributed by atoms with Crippen LogP contribution in [0.4, 0.5) is 23.2 Å². The number of nitrogens with one attached hydrogen (secondary N) is 2. The van der Waals surface area contributed by atoms with Crippen LogP contribution >= 0.6 is 0 Å². The molecule has 206 valence electrons. The number of carbonyl (C=O) groups excluding carboxylic acids is 1. The first-order chi connectivity index (χ1) is 18.5. The minimum atomic E-state index is -4.84. The zero-order valence-electron chi connectivity index (χ0n) is 20.9. The van der Waals surface area contributed by atoms with E-state index in [9.17, 15) is 27.2 Å². The molecule has 0 atom stereocenters. The molecule has 1 aliphatic rings. The molecule has 0 radical (unpaired) electrons. The number of fused-ring (bicyclic) bond motifs is 1. The number of halogens is 4. The van der Waals surface area contributed by atoms with Crippen LogP contribution in [0.15, 0.2) is 41.5 Å². The number of imidazole rings is 1. The van der Waals surface area contributed by atoms with E-state index in [1.807, 2.05) is 0 Å². The molecule has 10 nitrogen and oxygen atoms in total. The van der Waals surface area contributed by atoms with Crippen LogP contribution in [0.25, 0.3) is 11.2 Å². The van der Waals surface area contributed by atoms with Crippen molar-refractivity contribution in [3.63, 3.8) is 0 Å². The number of pyridine rings is 1. The predicted octanol–water partition coefficient (Wildman–Crippen LogP) is 5.06. The Morgan fingerprint density at radius 1 is 1.21 bits per heavy atom. The Morgan fingerprint density at radius 3 is 2.62 bits per heavy atom. The Labute approximate surface area is 218 Å². The number of alkyl halides is 3. The lowest BCUT2D eigenvalue weighted by atomic mass is 10.1. The van der Waals surface area contributed by atoms with E-state index in [-0.39, 0.29) is 28.9 Å². The topological polar surface area (TPSA) is 116 Å². The number of hydrogen-bond donors (Lipinski definition) is 2. The van der Waals surface area contributed by atoms with Crippen LogP contribution in [0.1, 0.15) is 54.8 Å². The van der Waals surface area contributed by atoms with Gasteiger partial charge in [0.1, 0.15) is 5.52 Å². The molecule has 4 heterocycles. The van der Waals surface area contributed by atoms with E-state index in [0.717, 1.165) is 16.9 Å². The summed E-state index contributed by atoms with van der Waals surface area (Å²) in [5.41, 5.74) is -1.73. The number of H-pyrrole nitrogens is 1. The molecular weight excluding hydrogens is 524 g/mol. The summed E-state index contributed by atoms with van der Waals surface area (Å²) in [6.07, 6.45) is -1.92. The maximum atomic E-state index is 15.0. The van der Waals surface area contributed by atoms with Crippen molar-refractivity contribution in [3.05, 3.63) is 64.2 Å². The third kappa shape index (κ3) is 5.11. The zero-order chi connectivity index (χ0) is 27.9. The Balaban J connectivity index is 1.40. The third-order valence-electron chi connectivity index (χ3n) is 6.34. The SMILES string of the molecule is CC(C)n1c(=O)[nH]c2nccc(Oc3ccc(NC(=O)c4cnn(C5CCOCC5)c4C(F)(F)F)cc3F)c21. The van der Waals surface area contributed by atoms with Crippen LogP contribution in [-0.2, 0) is 10.9 Å². The van der Waals surface area contributed by atoms with Gasteiger partial charge in [-0.15, -0.1) is 0 Å². The molecule has 0 saturated carbocycles. The predicted molar refractivity (Wildman–Crippen MR) is 131 cm³/mol. The third-order valence-corrected chi connectivity index (χ3v) is 6.34. The molecule has 1 aromatic carbocycles. The van der Waals surface area contributed by atoms with Gasteiger partial charge < -0.3 is 14.8 Å². The summed E-state index contributed by atoms with van der Waals surface area (Å²) >= 11 is 0. The molecule has 1 fully saturated rings. The monoisotopic (exact) mass is 548 g/mol. The Kier molecular flexibility index (Phi) is 6.89. The molecule has 14 heteroatoms. The van der Waals surface area contributed by atoms with Crippen molar-refractivity contribution in [2.75, 3.05) is 18.5 Å². The Hall–Kier alpha value is -4.20. The average Bonchev–Trinajstić information content (AvgIpc) is 3.48. The Morgan fingerprint density at radius 2 is 1.95 bits per heavy atom. The van der Waals surface area contributed by atoms with Crippen molar-refractivity contribution < 1.29 is 31.8 Å². The standard InChI is InChI=1S/C25H24F4N6O4/c1-13(2)34-20-19(5-8-30-22(20)33-24(34)37)39-18-4-3-14(11-17(18)26)32-23(36)16-12-31-35(21(16)25(27,28)29)15-6-9-38-10-7-15/h3-5,8,11-13,15H,6-7,9-10H2,1-2H3,(H,32,36)(H,30,33,37). The summed E-state index contributed by atoms with van der Waals surface area (Å²) in [6, 6.07) is 4.11. The van der Waals surface area contributed by atoms with Crippen LogP contribution < -0.4 is 15.7 Å². The highest BCUT2D eigenvalue weighted by Crippen LogP contribution is 2.36. The number of benzene rings is 1. The summed E-state index contributed by atoms with van der Waals surface area (Å²) in [5, 5.41) is 6.15. The van der Waals surface area contributed by atoms with Crippen molar-refractivity contribution in [1.82, 2.24) is 24.3 Å². The highest BCUT2D eigenvalue weighted by Gasteiger charge is 2.41. The molecule has 2 N–H and O–H groups in total. The van der Waals surface area contributed by atoms with Gasteiger partial charge in [-0.1, -0.05) is 0 Å². The highest BCUT2D eigenvalue weighted by molar-refractivity contribution is 6.05. The molecule has 0 aliphatic carbocycles. The summed E-state index contributed by atoms with van der Waals surface area (Å²) < 4.78 is 70.0. The first kappa shape index (κ1) is 26.4. The van der Waals surface area contributed by atoms with Gasteiger partial charge >= 0.3 is 11.9 Å². The van der Waals surface area contributed by atoms with Gasteiger partial charge in [-0.25, -0.2) is 14.2 Å². The first-order valence-corrected chi connectivity index (χ1v) is 12.1. The van der Waals surface area contributed by atoms with Crippen LogP contribution in [0.5, 0.6) is 11.5 Å². The number of nitrogens with zero attached hydrogens (tertiary/aromatic N) is 4. The van der Waals surface area contributed by atoms with Crippen LogP contribution in [-0.4, -0.2) is 43.4 Å². The summed E-state index contributed by atoms with van der Waals surface area (Å²) in [4.78, 5) is 31.9. The van der Waals surface area contributed by atoms with E-state index >= 15 is 0 Å². The van der Waals surface area contributed by atoms with E-state index in [0.29, 0.717) is 31.6 Å². The summed E-state index contributed by atoms with van der Waals surface area (Å²) in [7, 11) is 0. The highest BCUT2D eigenvalue weighted by atomic mass is 19.4. The van der Waals surface area contributed by atoms with Crippen molar-refractivity contribution >= 4 is 22.8 Å². The molecule has 1 saturated heterocycles. The second kappa shape index (κ2) is 10.2. The normalized spacial score (nSPS) is 14.7. The second-order valence-electron chi connectivity index (χ2n) is 9.29. The van der Waals surface area contributed by atoms with Gasteiger partial charge in [0.2, 0.25) is 0 Å². The van der Waals surface area contributed by atoms with Gasteiger partial charge in [0.25, 0.3) is 5.91 Å². The van der Waals surface area contributed by atoms with E-state index in [1.54, 1.807) is 13.8 Å². The molecule has 0 unspecified atom stereocenters. The van der Waals surface area contributed by atoms with Crippen LogP contribution in [0.3, 0.4) is 0 Å². The zero-order valence-corrected chi connectivity index (χ0v) is 20.9. The number of hydrogen-bond acceptors (Lipinski definition) is 6. The van der Waals surface area contributed by atoms with Crippen molar-refractivity contribution in [2.45, 2.75) is 44.9 Å². The number of carbonyl (C=O) groups is 1. The molecular formula is C25H24F4N6O4. The number of anilines is 1. The fourth-order valence-electron chi connectivity index (χ4n) is 4.59. The smallest absolute Gasteiger partial charge is 0.433 e. The van der Waals surface area contributed by atoms with Crippen LogP contribution in [0, 0.1) is 5.82 Å². The van der Waals surface area contributed by atoms with Gasteiger partial charge in [0, 0.05) is 43.3 Å². The quantitative estimate of drug-likeness (QED) is 0.326. The molecule has 5 rings (SSSR count). The van der Waals surface area contributed by atoms with Gasteiger partial charge in [-0.05, 0) is 38.8 Å². The summed E-state index contributed by atoms with van der Waals surface area (Å²) in [5.74, 6) is -2.04. The molecule has 39 heavy (non-hydrogen) atoms. The molecule has 0 spiro atoms. The van der Waals surface area contributed by atoms with Gasteiger partial charge in [0.15, 0.2) is 28.7 Å². The lowest BCUT2D eigenvalue weighted by Crippen LogP contribution is -2.27. The van der Waals surface area contributed by atoms with Crippen LogP contribution in [0.2, 0.25) is 0 Å². The van der Waals surface area contributed by atoms with Gasteiger partial charge in [-0.3, -0.25) is 19.0 Å². The number of rotatable bonds is 6. The van der Waals surface area contributed by atoms with Crippen molar-refractivity contribution in [3.8, 4) is 11.5 Å². The van der Waals surface area contributed by atoms with E-state index in [1.165, 1.54) is 29.0 Å². The first-order valence-electron chi connectivity index (χ1n) is 12.1. The molecule has 1 aliphatic heterocycles. The molecule has 0 bridgehead atoms. The fraction of sp³-hybridized carbons (Fsp3) is 0.360. The lowest BCUT2D eigenvalue weighted by molar-refractivity contribution is -0.146. The van der Waals surface area contributed by atoms with Crippen molar-refractivity contribution in [1.29, 1.82) is 0 Å².